The molecule has 98 valence electrons. The predicted molar refractivity (Wildman–Crippen MR) is 72.0 cm³/mol. The summed E-state index contributed by atoms with van der Waals surface area (Å²) in [5.74, 6) is 0. The molecule has 0 aliphatic heterocycles. The average Bonchev–Trinajstić information content (AvgIpc) is 2.29. The fourth-order valence-corrected chi connectivity index (χ4v) is 1.75. The van der Waals surface area contributed by atoms with Gasteiger partial charge in [0.15, 0.2) is 0 Å². The molecule has 0 saturated carbocycles. The van der Waals surface area contributed by atoms with Gasteiger partial charge in [0.25, 0.3) is 0 Å². The minimum atomic E-state index is 0.669. The van der Waals surface area contributed by atoms with Gasteiger partial charge in [0.1, 0.15) is 0 Å². The van der Waals surface area contributed by atoms with Gasteiger partial charge in [-0.3, -0.25) is 0 Å². The number of rotatable bonds is 12. The molecular weight excluding hydrogens is 198 g/mol. The first-order valence-electron chi connectivity index (χ1n) is 7.12. The third-order valence-electron chi connectivity index (χ3n) is 2.80. The predicted octanol–water partition coefficient (Wildman–Crippen LogP) is 3.75. The smallest absolute Gasteiger partial charge is 0.0478 e. The van der Waals surface area contributed by atoms with Gasteiger partial charge >= 0.3 is 0 Å². The molecule has 0 saturated heterocycles. The molecule has 0 amide bonds. The van der Waals surface area contributed by atoms with E-state index in [1.54, 1.807) is 0 Å². The second-order valence-electron chi connectivity index (χ2n) is 4.67. The number of hydrogen-bond acceptors (Lipinski definition) is 2. The van der Waals surface area contributed by atoms with Gasteiger partial charge < -0.3 is 10.1 Å². The first kappa shape index (κ1) is 15.9. The lowest BCUT2D eigenvalue weighted by Crippen LogP contribution is -2.27. The lowest BCUT2D eigenvalue weighted by Gasteiger charge is -2.13. The summed E-state index contributed by atoms with van der Waals surface area (Å²) >= 11 is 0. The summed E-state index contributed by atoms with van der Waals surface area (Å²) in [5.41, 5.74) is 0. The molecule has 0 heterocycles. The van der Waals surface area contributed by atoms with E-state index in [0.717, 1.165) is 32.6 Å². The molecule has 0 aromatic carbocycles. The molecule has 0 aliphatic carbocycles. The van der Waals surface area contributed by atoms with Crippen molar-refractivity contribution in [3.05, 3.63) is 0 Å². The summed E-state index contributed by atoms with van der Waals surface area (Å²) in [6, 6.07) is 0.669. The second kappa shape index (κ2) is 13.0. The Kier molecular flexibility index (Phi) is 12.9. The van der Waals surface area contributed by atoms with E-state index in [4.69, 9.17) is 4.74 Å². The quantitative estimate of drug-likeness (QED) is 0.515. The normalized spacial score (nSPS) is 12.9. The van der Waals surface area contributed by atoms with E-state index in [2.05, 4.69) is 26.1 Å². The first-order chi connectivity index (χ1) is 7.81. The van der Waals surface area contributed by atoms with Crippen molar-refractivity contribution in [2.45, 2.75) is 71.8 Å². The van der Waals surface area contributed by atoms with Crippen LogP contribution in [0.4, 0.5) is 0 Å². The van der Waals surface area contributed by atoms with Gasteiger partial charge in [-0.15, -0.1) is 0 Å². The van der Waals surface area contributed by atoms with Gasteiger partial charge in [0.05, 0.1) is 0 Å². The molecule has 1 unspecified atom stereocenters. The van der Waals surface area contributed by atoms with Crippen molar-refractivity contribution in [2.75, 3.05) is 19.8 Å². The molecule has 0 aromatic heterocycles. The maximum Gasteiger partial charge on any atom is 0.0478 e. The van der Waals surface area contributed by atoms with E-state index in [0.29, 0.717) is 6.04 Å². The SMILES string of the molecule is CCCCCCC(C)NCCCOCCC. The summed E-state index contributed by atoms with van der Waals surface area (Å²) in [4.78, 5) is 0. The van der Waals surface area contributed by atoms with Crippen LogP contribution in [0.1, 0.15) is 65.7 Å². The molecule has 0 radical (unpaired) electrons. The van der Waals surface area contributed by atoms with E-state index < -0.39 is 0 Å². The maximum absolute atomic E-state index is 5.44. The fraction of sp³-hybridized carbons (Fsp3) is 1.00. The highest BCUT2D eigenvalue weighted by Crippen LogP contribution is 2.05. The number of hydrogen-bond donors (Lipinski definition) is 1. The van der Waals surface area contributed by atoms with Crippen LogP contribution in [0, 0.1) is 0 Å². The summed E-state index contributed by atoms with van der Waals surface area (Å²) in [7, 11) is 0. The molecule has 1 atom stereocenters. The van der Waals surface area contributed by atoms with E-state index in [1.165, 1.54) is 32.1 Å². The van der Waals surface area contributed by atoms with Crippen LogP contribution in [0.3, 0.4) is 0 Å². The van der Waals surface area contributed by atoms with Crippen LogP contribution in [0.5, 0.6) is 0 Å². The summed E-state index contributed by atoms with van der Waals surface area (Å²) in [6.07, 6.45) is 9.06. The minimum Gasteiger partial charge on any atom is -0.381 e. The summed E-state index contributed by atoms with van der Waals surface area (Å²) in [6.45, 7) is 9.61. The summed E-state index contributed by atoms with van der Waals surface area (Å²) in [5, 5.41) is 3.56. The molecule has 2 nitrogen and oxygen atoms in total. The van der Waals surface area contributed by atoms with Crippen molar-refractivity contribution < 1.29 is 4.74 Å². The zero-order valence-electron chi connectivity index (χ0n) is 11.6. The van der Waals surface area contributed by atoms with E-state index in [-0.39, 0.29) is 0 Å². The topological polar surface area (TPSA) is 21.3 Å². The lowest BCUT2D eigenvalue weighted by molar-refractivity contribution is 0.131. The monoisotopic (exact) mass is 229 g/mol. The van der Waals surface area contributed by atoms with Crippen molar-refractivity contribution in [1.29, 1.82) is 0 Å². The van der Waals surface area contributed by atoms with Crippen molar-refractivity contribution >= 4 is 0 Å². The standard InChI is InChI=1S/C14H31NO/c1-4-6-7-8-10-14(3)15-11-9-13-16-12-5-2/h14-15H,4-13H2,1-3H3. The van der Waals surface area contributed by atoms with E-state index in [1.807, 2.05) is 0 Å². The molecule has 0 bridgehead atoms. The zero-order chi connectivity index (χ0) is 12.1. The highest BCUT2D eigenvalue weighted by Gasteiger charge is 1.99. The Morgan fingerprint density at radius 2 is 1.75 bits per heavy atom. The molecule has 0 spiro atoms. The largest absolute Gasteiger partial charge is 0.381 e. The second-order valence-corrected chi connectivity index (χ2v) is 4.67. The van der Waals surface area contributed by atoms with Crippen LogP contribution in [-0.2, 0) is 4.74 Å². The molecule has 1 N–H and O–H groups in total. The van der Waals surface area contributed by atoms with Gasteiger partial charge in [0, 0.05) is 19.3 Å². The molecule has 2 heteroatoms. The fourth-order valence-electron chi connectivity index (χ4n) is 1.75. The van der Waals surface area contributed by atoms with Crippen LogP contribution in [-0.4, -0.2) is 25.8 Å². The Balaban J connectivity index is 3.08. The molecular formula is C14H31NO. The Hall–Kier alpha value is -0.0800. The highest BCUT2D eigenvalue weighted by molar-refractivity contribution is 4.60. The Morgan fingerprint density at radius 1 is 0.938 bits per heavy atom. The minimum absolute atomic E-state index is 0.669. The van der Waals surface area contributed by atoms with Gasteiger partial charge in [-0.2, -0.15) is 0 Å². The third kappa shape index (κ3) is 12.0. The Labute approximate surface area is 102 Å². The average molecular weight is 229 g/mol. The summed E-state index contributed by atoms with van der Waals surface area (Å²) < 4.78 is 5.44. The first-order valence-corrected chi connectivity index (χ1v) is 7.12. The Morgan fingerprint density at radius 3 is 2.44 bits per heavy atom. The van der Waals surface area contributed by atoms with E-state index in [9.17, 15) is 0 Å². The third-order valence-corrected chi connectivity index (χ3v) is 2.80. The van der Waals surface area contributed by atoms with Crippen molar-refractivity contribution in [2.24, 2.45) is 0 Å². The van der Waals surface area contributed by atoms with Crippen LogP contribution in [0.25, 0.3) is 0 Å². The molecule has 0 fully saturated rings. The van der Waals surface area contributed by atoms with Gasteiger partial charge in [-0.05, 0) is 32.7 Å². The van der Waals surface area contributed by atoms with Crippen molar-refractivity contribution in [3.63, 3.8) is 0 Å². The lowest BCUT2D eigenvalue weighted by atomic mass is 10.1. The highest BCUT2D eigenvalue weighted by atomic mass is 16.5. The number of ether oxygens (including phenoxy) is 1. The van der Waals surface area contributed by atoms with E-state index >= 15 is 0 Å². The zero-order valence-corrected chi connectivity index (χ0v) is 11.6. The molecule has 0 aromatic rings. The van der Waals surface area contributed by atoms with Crippen LogP contribution < -0.4 is 5.32 Å². The number of unbranched alkanes of at least 4 members (excludes halogenated alkanes) is 3. The molecule has 0 rings (SSSR count). The molecule has 0 aliphatic rings. The number of nitrogens with one attached hydrogen (secondary N) is 1. The Bertz CT molecular complexity index is 128. The van der Waals surface area contributed by atoms with Gasteiger partial charge in [-0.1, -0.05) is 39.5 Å². The van der Waals surface area contributed by atoms with Crippen LogP contribution >= 0.6 is 0 Å². The van der Waals surface area contributed by atoms with Crippen LogP contribution in [0.2, 0.25) is 0 Å². The molecule has 16 heavy (non-hydrogen) atoms. The van der Waals surface area contributed by atoms with Crippen molar-refractivity contribution in [1.82, 2.24) is 5.32 Å². The van der Waals surface area contributed by atoms with Gasteiger partial charge in [-0.25, -0.2) is 0 Å². The van der Waals surface area contributed by atoms with Gasteiger partial charge in [0.2, 0.25) is 0 Å². The van der Waals surface area contributed by atoms with Crippen molar-refractivity contribution in [3.8, 4) is 0 Å². The van der Waals surface area contributed by atoms with Crippen LogP contribution in [0.15, 0.2) is 0 Å². The maximum atomic E-state index is 5.44.